The molecule has 36 heavy (non-hydrogen) atoms. The van der Waals surface area contributed by atoms with Crippen molar-refractivity contribution >= 4 is 21.6 Å². The summed E-state index contributed by atoms with van der Waals surface area (Å²) in [6, 6.07) is 13.1. The summed E-state index contributed by atoms with van der Waals surface area (Å²) in [6.07, 6.45) is 0. The van der Waals surface area contributed by atoms with Crippen molar-refractivity contribution in [3.63, 3.8) is 0 Å². The first-order chi connectivity index (χ1) is 17.4. The highest BCUT2D eigenvalue weighted by molar-refractivity contribution is 7.87. The molecule has 0 bridgehead atoms. The van der Waals surface area contributed by atoms with Gasteiger partial charge in [-0.1, -0.05) is 0 Å². The molecule has 0 aliphatic heterocycles. The van der Waals surface area contributed by atoms with Crippen LogP contribution >= 0.6 is 0 Å². The third kappa shape index (κ3) is 16.9. The molecule has 0 amide bonds. The number of phenols is 2. The van der Waals surface area contributed by atoms with E-state index >= 15 is 0 Å². The lowest BCUT2D eigenvalue weighted by molar-refractivity contribution is -0.126. The highest BCUT2D eigenvalue weighted by atomic mass is 32.2. The van der Waals surface area contributed by atoms with Crippen LogP contribution in [0.2, 0.25) is 0 Å². The number of rotatable bonds is 18. The number of anilines is 2. The standard InChI is InChI=1S/C11H19N3O5S.C11H17NO4/c1-2-18-8-13-20(16,17)14-9-19-7-12-10-3-5-11(15)6-4-10;1-2-14-8-16-9-15-7-12-10-3-5-11(13)6-4-10/h3-6,12-15H,2,7-9H2,1H3;3-6,12-13H,2,7-9H2,1H3. The average Bonchev–Trinajstić information content (AvgIpc) is 2.86. The fourth-order valence-electron chi connectivity index (χ4n) is 2.15. The van der Waals surface area contributed by atoms with Crippen molar-refractivity contribution in [2.24, 2.45) is 0 Å². The third-order valence-corrected chi connectivity index (χ3v) is 4.93. The maximum Gasteiger partial charge on any atom is 0.280 e. The zero-order valence-corrected chi connectivity index (χ0v) is 21.3. The Bertz CT molecular complexity index is 901. The Kier molecular flexibility index (Phi) is 17.0. The molecule has 2 rings (SSSR count). The summed E-state index contributed by atoms with van der Waals surface area (Å²) in [5.74, 6) is 0.413. The van der Waals surface area contributed by atoms with Gasteiger partial charge in [0.15, 0.2) is 6.79 Å². The molecule has 0 saturated heterocycles. The van der Waals surface area contributed by atoms with Crippen molar-refractivity contribution < 1.29 is 42.3 Å². The van der Waals surface area contributed by atoms with Crippen LogP contribution in [0.15, 0.2) is 48.5 Å². The van der Waals surface area contributed by atoms with E-state index in [-0.39, 0.29) is 45.3 Å². The average molecular weight is 533 g/mol. The maximum atomic E-state index is 11.3. The zero-order chi connectivity index (χ0) is 26.5. The van der Waals surface area contributed by atoms with Crippen LogP contribution in [0.1, 0.15) is 13.8 Å². The predicted octanol–water partition coefficient (Wildman–Crippen LogP) is 1.90. The molecule has 0 saturated carbocycles. The molecule has 0 aromatic heterocycles. The van der Waals surface area contributed by atoms with Gasteiger partial charge >= 0.3 is 0 Å². The van der Waals surface area contributed by atoms with Gasteiger partial charge < -0.3 is 44.5 Å². The van der Waals surface area contributed by atoms with Crippen LogP contribution in [0.25, 0.3) is 0 Å². The second-order valence-corrected chi connectivity index (χ2v) is 8.23. The molecule has 13 nitrogen and oxygen atoms in total. The van der Waals surface area contributed by atoms with E-state index < -0.39 is 10.2 Å². The van der Waals surface area contributed by atoms with Crippen molar-refractivity contribution in [1.29, 1.82) is 0 Å². The predicted molar refractivity (Wildman–Crippen MR) is 134 cm³/mol. The molecule has 6 N–H and O–H groups in total. The molecule has 0 aliphatic carbocycles. The zero-order valence-electron chi connectivity index (χ0n) is 20.4. The molecule has 0 aliphatic rings. The fourth-order valence-corrected chi connectivity index (χ4v) is 2.73. The smallest absolute Gasteiger partial charge is 0.280 e. The van der Waals surface area contributed by atoms with Gasteiger partial charge in [0.2, 0.25) is 0 Å². The summed E-state index contributed by atoms with van der Waals surface area (Å²) in [7, 11) is -3.62. The molecule has 2 aromatic carbocycles. The van der Waals surface area contributed by atoms with Crippen molar-refractivity contribution in [3.05, 3.63) is 48.5 Å². The Labute approximate surface area is 211 Å². The number of phenolic OH excluding ortho intramolecular Hbond substituents is 2. The van der Waals surface area contributed by atoms with Gasteiger partial charge in [-0.25, -0.2) is 0 Å². The molecule has 0 heterocycles. The molecule has 0 fully saturated rings. The first-order valence-electron chi connectivity index (χ1n) is 11.0. The summed E-state index contributed by atoms with van der Waals surface area (Å²) >= 11 is 0. The van der Waals surface area contributed by atoms with Gasteiger partial charge in [-0.2, -0.15) is 17.9 Å². The van der Waals surface area contributed by atoms with E-state index in [1.807, 2.05) is 6.92 Å². The number of aromatic hydroxyl groups is 2. The Hall–Kier alpha value is -2.69. The summed E-state index contributed by atoms with van der Waals surface area (Å²) < 4.78 is 52.1. The van der Waals surface area contributed by atoms with Gasteiger partial charge in [0.1, 0.15) is 45.2 Å². The fraction of sp³-hybridized carbons (Fsp3) is 0.455. The van der Waals surface area contributed by atoms with Crippen LogP contribution in [0, 0.1) is 0 Å². The van der Waals surface area contributed by atoms with E-state index in [1.54, 1.807) is 43.3 Å². The first kappa shape index (κ1) is 31.3. The molecule has 14 heteroatoms. The Morgan fingerprint density at radius 2 is 1.06 bits per heavy atom. The summed E-state index contributed by atoms with van der Waals surface area (Å²) in [6.45, 7) is 5.36. The van der Waals surface area contributed by atoms with Crippen molar-refractivity contribution in [2.45, 2.75) is 13.8 Å². The monoisotopic (exact) mass is 532 g/mol. The van der Waals surface area contributed by atoms with E-state index in [9.17, 15) is 8.42 Å². The number of hydrogen-bond donors (Lipinski definition) is 6. The van der Waals surface area contributed by atoms with Crippen LogP contribution < -0.4 is 20.1 Å². The van der Waals surface area contributed by atoms with Gasteiger partial charge in [0, 0.05) is 24.6 Å². The Morgan fingerprint density at radius 1 is 0.611 bits per heavy atom. The molecule has 2 aromatic rings. The minimum atomic E-state index is -3.62. The number of nitrogens with one attached hydrogen (secondary N) is 4. The van der Waals surface area contributed by atoms with Crippen LogP contribution in [-0.2, 0) is 33.9 Å². The molecule has 0 atom stereocenters. The van der Waals surface area contributed by atoms with Gasteiger partial charge in [-0.3, -0.25) is 0 Å². The van der Waals surface area contributed by atoms with Gasteiger partial charge in [0.25, 0.3) is 10.2 Å². The molecule has 0 unspecified atom stereocenters. The highest BCUT2D eigenvalue weighted by Crippen LogP contribution is 2.13. The Balaban J connectivity index is 0.000000369. The summed E-state index contributed by atoms with van der Waals surface area (Å²) in [4.78, 5) is 0. The van der Waals surface area contributed by atoms with Crippen molar-refractivity contribution in [2.75, 3.05) is 64.4 Å². The Morgan fingerprint density at radius 3 is 1.56 bits per heavy atom. The lowest BCUT2D eigenvalue weighted by Crippen LogP contribution is -2.39. The summed E-state index contributed by atoms with van der Waals surface area (Å²) in [5.41, 5.74) is 1.63. The van der Waals surface area contributed by atoms with Crippen LogP contribution in [0.5, 0.6) is 11.5 Å². The normalized spacial score (nSPS) is 10.9. The molecule has 204 valence electrons. The van der Waals surface area contributed by atoms with E-state index in [2.05, 4.69) is 20.1 Å². The van der Waals surface area contributed by atoms with Crippen LogP contribution in [0.3, 0.4) is 0 Å². The number of benzene rings is 2. The van der Waals surface area contributed by atoms with E-state index in [1.165, 1.54) is 12.1 Å². The second-order valence-electron chi connectivity index (χ2n) is 6.65. The van der Waals surface area contributed by atoms with E-state index in [4.69, 9.17) is 33.9 Å². The molecule has 0 spiro atoms. The number of hydrogen-bond acceptors (Lipinski definition) is 11. The minimum Gasteiger partial charge on any atom is -0.508 e. The SMILES string of the molecule is CCOCNS(=O)(=O)NCOCNc1ccc(O)cc1.CCOCOCOCNc1ccc(O)cc1. The van der Waals surface area contributed by atoms with Gasteiger partial charge in [-0.05, 0) is 62.4 Å². The van der Waals surface area contributed by atoms with Crippen LogP contribution in [0.4, 0.5) is 11.4 Å². The van der Waals surface area contributed by atoms with Gasteiger partial charge in [-0.15, -0.1) is 0 Å². The quantitative estimate of drug-likeness (QED) is 0.0942. The molecular weight excluding hydrogens is 496 g/mol. The van der Waals surface area contributed by atoms with Crippen molar-refractivity contribution in [1.82, 2.24) is 9.44 Å². The third-order valence-electron chi connectivity index (χ3n) is 3.93. The first-order valence-corrected chi connectivity index (χ1v) is 12.5. The lowest BCUT2D eigenvalue weighted by atomic mass is 10.3. The lowest BCUT2D eigenvalue weighted by Gasteiger charge is -2.10. The van der Waals surface area contributed by atoms with Crippen molar-refractivity contribution in [3.8, 4) is 11.5 Å². The highest BCUT2D eigenvalue weighted by Gasteiger charge is 2.07. The van der Waals surface area contributed by atoms with Crippen LogP contribution in [-0.4, -0.2) is 72.4 Å². The summed E-state index contributed by atoms with van der Waals surface area (Å²) in [5, 5.41) is 24.1. The molecular formula is C22H36N4O9S. The van der Waals surface area contributed by atoms with Gasteiger partial charge in [0.05, 0.1) is 0 Å². The minimum absolute atomic E-state index is 0.0857. The largest absolute Gasteiger partial charge is 0.508 e. The van der Waals surface area contributed by atoms with E-state index in [0.29, 0.717) is 19.9 Å². The number of ether oxygens (including phenoxy) is 5. The van der Waals surface area contributed by atoms with E-state index in [0.717, 1.165) is 11.4 Å². The maximum absolute atomic E-state index is 11.3. The second kappa shape index (κ2) is 19.5. The topological polar surface area (TPSA) is 169 Å². The molecule has 0 radical (unpaired) electrons.